The molecule has 0 radical (unpaired) electrons. The molecule has 1 aromatic carbocycles. The summed E-state index contributed by atoms with van der Waals surface area (Å²) < 4.78 is 5.44. The Morgan fingerprint density at radius 2 is 1.95 bits per heavy atom. The molecule has 1 saturated heterocycles. The monoisotopic (exact) mass is 290 g/mol. The van der Waals surface area contributed by atoms with Gasteiger partial charge in [-0.05, 0) is 57.5 Å². The van der Waals surface area contributed by atoms with E-state index >= 15 is 0 Å². The zero-order valence-corrected chi connectivity index (χ0v) is 13.2. The van der Waals surface area contributed by atoms with Crippen molar-refractivity contribution in [2.75, 3.05) is 19.7 Å². The van der Waals surface area contributed by atoms with E-state index in [0.717, 1.165) is 37.2 Å². The fraction of sp³-hybridized carbons (Fsp3) is 0.588. The van der Waals surface area contributed by atoms with E-state index in [1.807, 2.05) is 38.1 Å². The molecule has 0 aliphatic carbocycles. The Morgan fingerprint density at radius 1 is 1.33 bits per heavy atom. The summed E-state index contributed by atoms with van der Waals surface area (Å²) in [6, 6.07) is 7.95. The van der Waals surface area contributed by atoms with Gasteiger partial charge in [-0.1, -0.05) is 19.1 Å². The van der Waals surface area contributed by atoms with Gasteiger partial charge >= 0.3 is 0 Å². The van der Waals surface area contributed by atoms with Crippen LogP contribution in [-0.4, -0.2) is 25.6 Å². The second-order valence-corrected chi connectivity index (χ2v) is 6.01. The van der Waals surface area contributed by atoms with Crippen LogP contribution in [0, 0.1) is 5.41 Å². The lowest BCUT2D eigenvalue weighted by Gasteiger charge is -2.33. The number of nitrogens with one attached hydrogen (secondary N) is 2. The van der Waals surface area contributed by atoms with Crippen LogP contribution < -0.4 is 15.4 Å². The van der Waals surface area contributed by atoms with E-state index in [4.69, 9.17) is 4.74 Å². The van der Waals surface area contributed by atoms with Crippen LogP contribution in [0.1, 0.15) is 45.2 Å². The molecular weight excluding hydrogens is 264 g/mol. The molecule has 4 nitrogen and oxygen atoms in total. The quantitative estimate of drug-likeness (QED) is 0.876. The molecule has 2 rings (SSSR count). The van der Waals surface area contributed by atoms with E-state index in [0.29, 0.717) is 6.61 Å². The van der Waals surface area contributed by atoms with Gasteiger partial charge in [0.1, 0.15) is 5.75 Å². The normalized spacial score (nSPS) is 18.8. The van der Waals surface area contributed by atoms with Crippen molar-refractivity contribution in [3.8, 4) is 5.75 Å². The lowest BCUT2D eigenvalue weighted by molar-refractivity contribution is -0.132. The molecule has 1 atom stereocenters. The first-order valence-electron chi connectivity index (χ1n) is 7.79. The van der Waals surface area contributed by atoms with Crippen molar-refractivity contribution in [3.63, 3.8) is 0 Å². The third-order valence-corrected chi connectivity index (χ3v) is 4.29. The molecule has 116 valence electrons. The average molecular weight is 290 g/mol. The van der Waals surface area contributed by atoms with Crippen molar-refractivity contribution in [2.24, 2.45) is 5.41 Å². The van der Waals surface area contributed by atoms with Crippen LogP contribution in [0.15, 0.2) is 24.3 Å². The maximum atomic E-state index is 12.5. The van der Waals surface area contributed by atoms with Gasteiger partial charge in [0.25, 0.3) is 0 Å². The molecule has 1 aromatic rings. The SMILES string of the molecule is CCOc1ccc(C(C)NC(=O)C2(C)CCNCC2)cc1. The predicted molar refractivity (Wildman–Crippen MR) is 84.4 cm³/mol. The van der Waals surface area contributed by atoms with Gasteiger partial charge in [0, 0.05) is 5.41 Å². The van der Waals surface area contributed by atoms with Crippen molar-refractivity contribution in [1.29, 1.82) is 0 Å². The van der Waals surface area contributed by atoms with Gasteiger partial charge < -0.3 is 15.4 Å². The summed E-state index contributed by atoms with van der Waals surface area (Å²) in [6.07, 6.45) is 1.80. The van der Waals surface area contributed by atoms with Crippen LogP contribution in [0.4, 0.5) is 0 Å². The van der Waals surface area contributed by atoms with Crippen LogP contribution in [0.25, 0.3) is 0 Å². The van der Waals surface area contributed by atoms with Gasteiger partial charge in [-0.15, -0.1) is 0 Å². The zero-order valence-electron chi connectivity index (χ0n) is 13.2. The molecule has 1 aliphatic rings. The first-order chi connectivity index (χ1) is 10.0. The number of carbonyl (C=O) groups excluding carboxylic acids is 1. The van der Waals surface area contributed by atoms with Crippen LogP contribution in [0.2, 0.25) is 0 Å². The predicted octanol–water partition coefficient (Wildman–Crippen LogP) is 2.65. The Labute approximate surface area is 127 Å². The van der Waals surface area contributed by atoms with Crippen LogP contribution in [-0.2, 0) is 4.79 Å². The molecule has 1 aliphatic heterocycles. The first kappa shape index (κ1) is 15.8. The molecule has 1 amide bonds. The summed E-state index contributed by atoms with van der Waals surface area (Å²) in [5.41, 5.74) is 0.856. The highest BCUT2D eigenvalue weighted by Crippen LogP contribution is 2.29. The standard InChI is InChI=1S/C17H26N2O2/c1-4-21-15-7-5-14(6-8-15)13(2)19-16(20)17(3)9-11-18-12-10-17/h5-8,13,18H,4,9-12H2,1-3H3,(H,19,20). The third kappa shape index (κ3) is 3.97. The number of carbonyl (C=O) groups is 1. The van der Waals surface area contributed by atoms with Crippen molar-refractivity contribution < 1.29 is 9.53 Å². The highest BCUT2D eigenvalue weighted by Gasteiger charge is 2.35. The van der Waals surface area contributed by atoms with E-state index in [9.17, 15) is 4.79 Å². The second-order valence-electron chi connectivity index (χ2n) is 6.01. The molecule has 0 spiro atoms. The molecule has 21 heavy (non-hydrogen) atoms. The molecule has 2 N–H and O–H groups in total. The van der Waals surface area contributed by atoms with Crippen molar-refractivity contribution in [1.82, 2.24) is 10.6 Å². The van der Waals surface area contributed by atoms with Gasteiger partial charge in [0.15, 0.2) is 0 Å². The fourth-order valence-electron chi connectivity index (χ4n) is 2.68. The second kappa shape index (κ2) is 6.94. The minimum absolute atomic E-state index is 0.0138. The number of piperidine rings is 1. The van der Waals surface area contributed by atoms with Crippen molar-refractivity contribution in [2.45, 2.75) is 39.7 Å². The van der Waals surface area contributed by atoms with Crippen LogP contribution >= 0.6 is 0 Å². The van der Waals surface area contributed by atoms with Gasteiger partial charge in [-0.2, -0.15) is 0 Å². The van der Waals surface area contributed by atoms with E-state index < -0.39 is 0 Å². The van der Waals surface area contributed by atoms with E-state index in [-0.39, 0.29) is 17.4 Å². The summed E-state index contributed by atoms with van der Waals surface area (Å²) in [6.45, 7) is 8.56. The largest absolute Gasteiger partial charge is 0.494 e. The van der Waals surface area contributed by atoms with E-state index in [1.54, 1.807) is 0 Å². The average Bonchev–Trinajstić information content (AvgIpc) is 2.49. The minimum Gasteiger partial charge on any atom is -0.494 e. The van der Waals surface area contributed by atoms with Gasteiger partial charge in [-0.3, -0.25) is 4.79 Å². The number of rotatable bonds is 5. The van der Waals surface area contributed by atoms with Gasteiger partial charge in [0.05, 0.1) is 12.6 Å². The summed E-state index contributed by atoms with van der Waals surface area (Å²) >= 11 is 0. The molecule has 0 aromatic heterocycles. The van der Waals surface area contributed by atoms with Crippen LogP contribution in [0.3, 0.4) is 0 Å². The summed E-state index contributed by atoms with van der Waals surface area (Å²) in [5.74, 6) is 1.02. The molecule has 1 heterocycles. The summed E-state index contributed by atoms with van der Waals surface area (Å²) in [4.78, 5) is 12.5. The topological polar surface area (TPSA) is 50.4 Å². The molecule has 0 bridgehead atoms. The third-order valence-electron chi connectivity index (χ3n) is 4.29. The number of amides is 1. The number of benzene rings is 1. The Morgan fingerprint density at radius 3 is 2.52 bits per heavy atom. The Balaban J connectivity index is 1.96. The van der Waals surface area contributed by atoms with Gasteiger partial charge in [0.2, 0.25) is 5.91 Å². The minimum atomic E-state index is -0.245. The molecule has 4 heteroatoms. The molecule has 1 unspecified atom stereocenters. The number of hydrogen-bond acceptors (Lipinski definition) is 3. The highest BCUT2D eigenvalue weighted by molar-refractivity contribution is 5.82. The lowest BCUT2D eigenvalue weighted by Crippen LogP contribution is -2.46. The summed E-state index contributed by atoms with van der Waals surface area (Å²) in [7, 11) is 0. The Bertz CT molecular complexity index is 464. The molecular formula is C17H26N2O2. The number of ether oxygens (including phenoxy) is 1. The molecule has 1 fully saturated rings. The van der Waals surface area contributed by atoms with Crippen LogP contribution in [0.5, 0.6) is 5.75 Å². The number of hydrogen-bond donors (Lipinski definition) is 2. The Kier molecular flexibility index (Phi) is 5.23. The van der Waals surface area contributed by atoms with Crippen molar-refractivity contribution >= 4 is 5.91 Å². The van der Waals surface area contributed by atoms with Crippen molar-refractivity contribution in [3.05, 3.63) is 29.8 Å². The first-order valence-corrected chi connectivity index (χ1v) is 7.79. The van der Waals surface area contributed by atoms with E-state index in [2.05, 4.69) is 17.6 Å². The lowest BCUT2D eigenvalue weighted by atomic mass is 9.80. The van der Waals surface area contributed by atoms with Gasteiger partial charge in [-0.25, -0.2) is 0 Å². The summed E-state index contributed by atoms with van der Waals surface area (Å²) in [5, 5.41) is 6.45. The zero-order chi connectivity index (χ0) is 15.3. The Hall–Kier alpha value is -1.55. The maximum absolute atomic E-state index is 12.5. The smallest absolute Gasteiger partial charge is 0.226 e. The maximum Gasteiger partial charge on any atom is 0.226 e. The molecule has 0 saturated carbocycles. The highest BCUT2D eigenvalue weighted by atomic mass is 16.5. The van der Waals surface area contributed by atoms with E-state index in [1.165, 1.54) is 0 Å². The fourth-order valence-corrected chi connectivity index (χ4v) is 2.68.